The molecule has 0 saturated heterocycles. The summed E-state index contributed by atoms with van der Waals surface area (Å²) >= 11 is 0. The van der Waals surface area contributed by atoms with Gasteiger partial charge in [-0.15, -0.1) is 0 Å². The van der Waals surface area contributed by atoms with E-state index in [-0.39, 0.29) is 0 Å². The monoisotopic (exact) mass is 306 g/mol. The molecule has 0 unspecified atom stereocenters. The van der Waals surface area contributed by atoms with Crippen LogP contribution in [0.25, 0.3) is 11.1 Å². The first-order valence-corrected chi connectivity index (χ1v) is 9.20. The van der Waals surface area contributed by atoms with Crippen LogP contribution in [0.15, 0.2) is 36.4 Å². The summed E-state index contributed by atoms with van der Waals surface area (Å²) in [6.07, 6.45) is 6.94. The van der Waals surface area contributed by atoms with E-state index in [9.17, 15) is 0 Å². The van der Waals surface area contributed by atoms with E-state index in [1.807, 2.05) is 0 Å². The smallest absolute Gasteiger partial charge is 0.0179 e. The molecule has 23 heavy (non-hydrogen) atoms. The second-order valence-corrected chi connectivity index (χ2v) is 7.76. The van der Waals surface area contributed by atoms with Crippen LogP contribution in [0.5, 0.6) is 0 Å². The Balaban J connectivity index is 1.72. The van der Waals surface area contributed by atoms with Gasteiger partial charge in [0.05, 0.1) is 0 Å². The van der Waals surface area contributed by atoms with Gasteiger partial charge in [-0.25, -0.2) is 0 Å². The zero-order valence-corrected chi connectivity index (χ0v) is 15.2. The second kappa shape index (κ2) is 6.91. The van der Waals surface area contributed by atoms with E-state index in [0.29, 0.717) is 0 Å². The Morgan fingerprint density at radius 1 is 0.783 bits per heavy atom. The van der Waals surface area contributed by atoms with Gasteiger partial charge in [0, 0.05) is 0 Å². The highest BCUT2D eigenvalue weighted by molar-refractivity contribution is 5.66. The molecule has 0 aliphatic heterocycles. The number of hydrogen-bond acceptors (Lipinski definition) is 0. The van der Waals surface area contributed by atoms with Crippen LogP contribution in [0.4, 0.5) is 0 Å². The van der Waals surface area contributed by atoms with Gasteiger partial charge in [-0.2, -0.15) is 0 Å². The van der Waals surface area contributed by atoms with Crippen molar-refractivity contribution in [2.75, 3.05) is 0 Å². The van der Waals surface area contributed by atoms with Crippen molar-refractivity contribution in [2.24, 2.45) is 11.8 Å². The molecule has 2 aromatic rings. The molecule has 0 radical (unpaired) electrons. The lowest BCUT2D eigenvalue weighted by atomic mass is 9.80. The van der Waals surface area contributed by atoms with E-state index in [1.165, 1.54) is 65.5 Å². The fraction of sp³-hybridized carbons (Fsp3) is 0.478. The summed E-state index contributed by atoms with van der Waals surface area (Å²) < 4.78 is 0. The van der Waals surface area contributed by atoms with Crippen LogP contribution in [0.3, 0.4) is 0 Å². The quantitative estimate of drug-likeness (QED) is 0.595. The Morgan fingerprint density at radius 2 is 1.35 bits per heavy atom. The molecule has 0 nitrogen and oxygen atoms in total. The van der Waals surface area contributed by atoms with Crippen molar-refractivity contribution in [1.29, 1.82) is 0 Å². The van der Waals surface area contributed by atoms with Gasteiger partial charge < -0.3 is 0 Å². The highest BCUT2D eigenvalue weighted by atomic mass is 14.2. The molecule has 0 heteroatoms. The molecule has 2 aromatic carbocycles. The number of aryl methyl sites for hydroxylation is 2. The van der Waals surface area contributed by atoms with E-state index in [1.54, 1.807) is 0 Å². The zero-order chi connectivity index (χ0) is 16.4. The predicted octanol–water partition coefficient (Wildman–Crippen LogP) is 6.65. The average molecular weight is 306 g/mol. The Kier molecular flexibility index (Phi) is 4.90. The van der Waals surface area contributed by atoms with E-state index in [4.69, 9.17) is 0 Å². The molecule has 0 heterocycles. The van der Waals surface area contributed by atoms with Crippen molar-refractivity contribution in [3.8, 4) is 11.1 Å². The van der Waals surface area contributed by atoms with Crippen molar-refractivity contribution >= 4 is 0 Å². The van der Waals surface area contributed by atoms with Crippen molar-refractivity contribution in [3.05, 3.63) is 58.7 Å². The van der Waals surface area contributed by atoms with Crippen LogP contribution in [-0.2, 0) is 6.42 Å². The van der Waals surface area contributed by atoms with E-state index >= 15 is 0 Å². The van der Waals surface area contributed by atoms with Gasteiger partial charge in [0.2, 0.25) is 0 Å². The SMILES string of the molecule is Cc1cc(-c2ccc(CC3CCC(C)CC3)cc2)cc(C)c1C. The summed E-state index contributed by atoms with van der Waals surface area (Å²) in [6, 6.07) is 13.9. The highest BCUT2D eigenvalue weighted by Crippen LogP contribution is 2.31. The van der Waals surface area contributed by atoms with Gasteiger partial charge in [0.1, 0.15) is 0 Å². The largest absolute Gasteiger partial charge is 0.0625 e. The van der Waals surface area contributed by atoms with Gasteiger partial charge in [-0.3, -0.25) is 0 Å². The summed E-state index contributed by atoms with van der Waals surface area (Å²) in [5.41, 5.74) is 8.40. The lowest BCUT2D eigenvalue weighted by Gasteiger charge is -2.26. The maximum absolute atomic E-state index is 2.40. The molecule has 0 aromatic heterocycles. The molecule has 0 N–H and O–H groups in total. The summed E-state index contributed by atoms with van der Waals surface area (Å²) in [5.74, 6) is 1.85. The van der Waals surface area contributed by atoms with Crippen LogP contribution in [0, 0.1) is 32.6 Å². The summed E-state index contributed by atoms with van der Waals surface area (Å²) in [5, 5.41) is 0. The summed E-state index contributed by atoms with van der Waals surface area (Å²) in [6.45, 7) is 9.04. The van der Waals surface area contributed by atoms with Gasteiger partial charge >= 0.3 is 0 Å². The van der Waals surface area contributed by atoms with E-state index in [2.05, 4.69) is 64.1 Å². The maximum atomic E-state index is 2.40. The third-order valence-electron chi connectivity index (χ3n) is 5.87. The van der Waals surface area contributed by atoms with Crippen molar-refractivity contribution in [3.63, 3.8) is 0 Å². The predicted molar refractivity (Wildman–Crippen MR) is 101 cm³/mol. The molecule has 0 bridgehead atoms. The summed E-state index contributed by atoms with van der Waals surface area (Å²) in [4.78, 5) is 0. The van der Waals surface area contributed by atoms with Gasteiger partial charge in [-0.05, 0) is 85.3 Å². The van der Waals surface area contributed by atoms with E-state index in [0.717, 1.165) is 11.8 Å². The minimum Gasteiger partial charge on any atom is -0.0625 e. The third-order valence-corrected chi connectivity index (χ3v) is 5.87. The Hall–Kier alpha value is -1.56. The Bertz CT molecular complexity index is 632. The molecule has 0 atom stereocenters. The first-order chi connectivity index (χ1) is 11.0. The van der Waals surface area contributed by atoms with Crippen LogP contribution in [0.1, 0.15) is 54.9 Å². The van der Waals surface area contributed by atoms with Crippen molar-refractivity contribution < 1.29 is 0 Å². The van der Waals surface area contributed by atoms with Gasteiger partial charge in [0.25, 0.3) is 0 Å². The Labute approximate surface area is 141 Å². The molecule has 1 aliphatic carbocycles. The lowest BCUT2D eigenvalue weighted by Crippen LogP contribution is -2.14. The fourth-order valence-electron chi connectivity index (χ4n) is 3.90. The molecule has 1 saturated carbocycles. The number of rotatable bonds is 3. The van der Waals surface area contributed by atoms with E-state index < -0.39 is 0 Å². The Morgan fingerprint density at radius 3 is 1.91 bits per heavy atom. The zero-order valence-electron chi connectivity index (χ0n) is 15.2. The summed E-state index contributed by atoms with van der Waals surface area (Å²) in [7, 11) is 0. The number of hydrogen-bond donors (Lipinski definition) is 0. The van der Waals surface area contributed by atoms with Crippen molar-refractivity contribution in [1.82, 2.24) is 0 Å². The topological polar surface area (TPSA) is 0 Å². The van der Waals surface area contributed by atoms with Crippen LogP contribution >= 0.6 is 0 Å². The van der Waals surface area contributed by atoms with Crippen LogP contribution < -0.4 is 0 Å². The normalized spacial score (nSPS) is 21.4. The lowest BCUT2D eigenvalue weighted by molar-refractivity contribution is 0.289. The van der Waals surface area contributed by atoms with Crippen LogP contribution in [0.2, 0.25) is 0 Å². The molecule has 1 fully saturated rings. The van der Waals surface area contributed by atoms with Crippen LogP contribution in [-0.4, -0.2) is 0 Å². The first kappa shape index (κ1) is 16.3. The molecule has 0 spiro atoms. The molecule has 0 amide bonds. The standard InChI is InChI=1S/C23H30/c1-16-5-7-20(8-6-16)15-21-9-11-22(12-10-21)23-13-17(2)19(4)18(3)14-23/h9-14,16,20H,5-8,15H2,1-4H3. The third kappa shape index (κ3) is 3.86. The molecule has 1 aliphatic rings. The van der Waals surface area contributed by atoms with Crippen molar-refractivity contribution in [2.45, 2.75) is 59.8 Å². The van der Waals surface area contributed by atoms with Gasteiger partial charge in [-0.1, -0.05) is 56.2 Å². The van der Waals surface area contributed by atoms with Gasteiger partial charge in [0.15, 0.2) is 0 Å². The minimum atomic E-state index is 0.904. The molecular weight excluding hydrogens is 276 g/mol. The fourth-order valence-corrected chi connectivity index (χ4v) is 3.90. The maximum Gasteiger partial charge on any atom is -0.0179 e. The first-order valence-electron chi connectivity index (χ1n) is 9.20. The second-order valence-electron chi connectivity index (χ2n) is 7.76. The molecular formula is C23H30. The average Bonchev–Trinajstić information content (AvgIpc) is 2.55. The molecule has 3 rings (SSSR count). The molecule has 122 valence electrons. The highest BCUT2D eigenvalue weighted by Gasteiger charge is 2.18. The number of benzene rings is 2. The minimum absolute atomic E-state index is 0.904.